The van der Waals surface area contributed by atoms with Crippen LogP contribution in [0, 0.1) is 0 Å². The summed E-state index contributed by atoms with van der Waals surface area (Å²) in [5, 5.41) is 15.9. The number of nitrogens with one attached hydrogen (secondary N) is 1. The fraction of sp³-hybridized carbons (Fsp3) is 0.667. The van der Waals surface area contributed by atoms with Crippen molar-refractivity contribution in [1.82, 2.24) is 25.0 Å². The number of aromatic nitrogens is 3. The first kappa shape index (κ1) is 23.3. The highest BCUT2D eigenvalue weighted by molar-refractivity contribution is 14.0. The summed E-state index contributed by atoms with van der Waals surface area (Å²) >= 11 is 1.82. The third-order valence-corrected chi connectivity index (χ3v) is 6.67. The molecule has 1 fully saturated rings. The van der Waals surface area contributed by atoms with E-state index in [0.717, 1.165) is 76.9 Å². The first-order valence-corrected chi connectivity index (χ1v) is 12.0. The van der Waals surface area contributed by atoms with E-state index in [1.54, 1.807) is 0 Å². The molecule has 0 spiro atoms. The number of aliphatic imine (C=N–C) groups is 1. The Bertz CT molecular complexity index is 781. The van der Waals surface area contributed by atoms with Crippen LogP contribution in [0.5, 0.6) is 0 Å². The molecule has 2 aliphatic rings. The van der Waals surface area contributed by atoms with Crippen molar-refractivity contribution in [3.63, 3.8) is 0 Å². The molecule has 0 unspecified atom stereocenters. The largest absolute Gasteiger partial charge is 0.360 e. The molecule has 0 bridgehead atoms. The van der Waals surface area contributed by atoms with Gasteiger partial charge in [0, 0.05) is 58.7 Å². The van der Waals surface area contributed by atoms with Crippen molar-refractivity contribution in [3.05, 3.63) is 29.2 Å². The fourth-order valence-corrected chi connectivity index (χ4v) is 4.95. The second-order valence-corrected chi connectivity index (χ2v) is 8.69. The summed E-state index contributed by atoms with van der Waals surface area (Å²) in [6, 6.07) is 4.34. The van der Waals surface area contributed by atoms with E-state index in [1.165, 1.54) is 30.1 Å². The number of guanidine groups is 1. The Labute approximate surface area is 201 Å². The number of thiophene rings is 1. The molecule has 2 aromatic rings. The van der Waals surface area contributed by atoms with E-state index in [9.17, 15) is 0 Å². The van der Waals surface area contributed by atoms with Gasteiger partial charge in [-0.1, -0.05) is 6.42 Å². The number of hydrogen-bond donors (Lipinski definition) is 1. The highest BCUT2D eigenvalue weighted by Gasteiger charge is 2.20. The summed E-state index contributed by atoms with van der Waals surface area (Å²) < 4.78 is 2.35. The number of hydrogen-bond acceptors (Lipinski definition) is 5. The lowest BCUT2D eigenvalue weighted by Crippen LogP contribution is -2.52. The second-order valence-electron chi connectivity index (χ2n) is 7.76. The molecule has 0 radical (unpaired) electrons. The topological polar surface area (TPSA) is 61.6 Å². The Morgan fingerprint density at radius 2 is 2.00 bits per heavy atom. The minimum Gasteiger partial charge on any atom is -0.360 e. The lowest BCUT2D eigenvalue weighted by Gasteiger charge is -2.37. The predicted octanol–water partition coefficient (Wildman–Crippen LogP) is 3.40. The summed E-state index contributed by atoms with van der Waals surface area (Å²) in [7, 11) is 0. The molecule has 1 saturated heterocycles. The maximum atomic E-state index is 4.91. The van der Waals surface area contributed by atoms with Crippen LogP contribution in [0.4, 0.5) is 5.00 Å². The number of piperazine rings is 1. The van der Waals surface area contributed by atoms with Crippen LogP contribution in [0.1, 0.15) is 44.3 Å². The number of nitrogens with zero attached hydrogens (tertiary/aromatic N) is 6. The van der Waals surface area contributed by atoms with Crippen LogP contribution < -0.4 is 10.2 Å². The number of rotatable bonds is 6. The molecule has 0 amide bonds. The van der Waals surface area contributed by atoms with Gasteiger partial charge in [0.05, 0.1) is 5.00 Å². The van der Waals surface area contributed by atoms with Gasteiger partial charge in [-0.05, 0) is 43.7 Å². The SMILES string of the molecule is CCNC(=NCCCc1nnc2n1CCCCC2)N1CCN(c2cccs2)CC1.I. The molecule has 2 aromatic heterocycles. The van der Waals surface area contributed by atoms with E-state index >= 15 is 0 Å². The maximum Gasteiger partial charge on any atom is 0.194 e. The molecule has 1 N–H and O–H groups in total. The van der Waals surface area contributed by atoms with Crippen LogP contribution in [0.15, 0.2) is 22.5 Å². The number of halogens is 1. The number of anilines is 1. The zero-order chi connectivity index (χ0) is 19.9. The third-order valence-electron chi connectivity index (χ3n) is 5.74. The summed E-state index contributed by atoms with van der Waals surface area (Å²) in [5.74, 6) is 3.38. The summed E-state index contributed by atoms with van der Waals surface area (Å²) in [6.45, 7) is 9.09. The van der Waals surface area contributed by atoms with Gasteiger partial charge < -0.3 is 19.7 Å². The van der Waals surface area contributed by atoms with Crippen LogP contribution in [0.3, 0.4) is 0 Å². The van der Waals surface area contributed by atoms with Gasteiger partial charge in [-0.15, -0.1) is 45.5 Å². The number of aryl methyl sites for hydroxylation is 2. The first-order chi connectivity index (χ1) is 14.3. The lowest BCUT2D eigenvalue weighted by atomic mass is 10.2. The van der Waals surface area contributed by atoms with Gasteiger partial charge in [0.1, 0.15) is 11.6 Å². The Morgan fingerprint density at radius 1 is 1.13 bits per heavy atom. The quantitative estimate of drug-likeness (QED) is 0.262. The van der Waals surface area contributed by atoms with Crippen molar-refractivity contribution in [2.24, 2.45) is 4.99 Å². The van der Waals surface area contributed by atoms with Gasteiger partial charge in [0.25, 0.3) is 0 Å². The summed E-state index contributed by atoms with van der Waals surface area (Å²) in [4.78, 5) is 9.79. The molecule has 4 heterocycles. The second kappa shape index (κ2) is 11.9. The van der Waals surface area contributed by atoms with E-state index in [2.05, 4.69) is 54.3 Å². The van der Waals surface area contributed by atoms with Crippen LogP contribution in [-0.4, -0.2) is 64.9 Å². The van der Waals surface area contributed by atoms with Crippen molar-refractivity contribution in [2.45, 2.75) is 52.0 Å². The van der Waals surface area contributed by atoms with Crippen molar-refractivity contribution >= 4 is 46.3 Å². The minimum atomic E-state index is 0. The van der Waals surface area contributed by atoms with Crippen molar-refractivity contribution in [3.8, 4) is 0 Å². The van der Waals surface area contributed by atoms with E-state index in [4.69, 9.17) is 4.99 Å². The molecule has 9 heteroatoms. The molecule has 0 aromatic carbocycles. The first-order valence-electron chi connectivity index (χ1n) is 11.1. The number of fused-ring (bicyclic) bond motifs is 1. The minimum absolute atomic E-state index is 0. The van der Waals surface area contributed by atoms with E-state index in [-0.39, 0.29) is 24.0 Å². The van der Waals surface area contributed by atoms with Gasteiger partial charge in [0.2, 0.25) is 0 Å². The van der Waals surface area contributed by atoms with Gasteiger partial charge in [-0.3, -0.25) is 4.99 Å². The highest BCUT2D eigenvalue weighted by Crippen LogP contribution is 2.22. The van der Waals surface area contributed by atoms with Gasteiger partial charge in [-0.25, -0.2) is 0 Å². The molecule has 7 nitrogen and oxygen atoms in total. The van der Waals surface area contributed by atoms with Gasteiger partial charge in [0.15, 0.2) is 5.96 Å². The van der Waals surface area contributed by atoms with E-state index in [0.29, 0.717) is 0 Å². The monoisotopic (exact) mass is 543 g/mol. The molecule has 0 aliphatic carbocycles. The lowest BCUT2D eigenvalue weighted by molar-refractivity contribution is 0.373. The van der Waals surface area contributed by atoms with Crippen LogP contribution >= 0.6 is 35.3 Å². The molecular formula is C21H34IN7S. The molecule has 2 aliphatic heterocycles. The summed E-state index contributed by atoms with van der Waals surface area (Å²) in [6.07, 6.45) is 6.85. The normalized spacial score (nSPS) is 17.3. The zero-order valence-electron chi connectivity index (χ0n) is 17.9. The third kappa shape index (κ3) is 5.87. The maximum absolute atomic E-state index is 4.91. The zero-order valence-corrected chi connectivity index (χ0v) is 21.1. The molecular weight excluding hydrogens is 509 g/mol. The smallest absolute Gasteiger partial charge is 0.194 e. The van der Waals surface area contributed by atoms with Crippen molar-refractivity contribution in [2.75, 3.05) is 44.2 Å². The van der Waals surface area contributed by atoms with Crippen LogP contribution in [0.25, 0.3) is 0 Å². The highest BCUT2D eigenvalue weighted by atomic mass is 127. The average molecular weight is 544 g/mol. The van der Waals surface area contributed by atoms with E-state index in [1.807, 2.05) is 11.3 Å². The van der Waals surface area contributed by atoms with Gasteiger partial charge in [-0.2, -0.15) is 0 Å². The Hall–Kier alpha value is -1.36. The molecule has 0 saturated carbocycles. The van der Waals surface area contributed by atoms with Crippen molar-refractivity contribution < 1.29 is 0 Å². The molecule has 166 valence electrons. The van der Waals surface area contributed by atoms with Crippen LogP contribution in [-0.2, 0) is 19.4 Å². The van der Waals surface area contributed by atoms with Crippen LogP contribution in [0.2, 0.25) is 0 Å². The molecule has 0 atom stereocenters. The molecule has 30 heavy (non-hydrogen) atoms. The Balaban J connectivity index is 0.00000256. The van der Waals surface area contributed by atoms with Gasteiger partial charge >= 0.3 is 0 Å². The summed E-state index contributed by atoms with van der Waals surface area (Å²) in [5.41, 5.74) is 0. The Kier molecular flexibility index (Phi) is 9.23. The standard InChI is InChI=1S/C21H33N7S.HI/c1-2-22-21(27-15-13-26(14-16-27)20-10-7-17-29-20)23-11-6-9-19-25-24-18-8-4-3-5-12-28(18)19;/h7,10,17H,2-6,8-9,11-16H2,1H3,(H,22,23);1H. The van der Waals surface area contributed by atoms with Crippen molar-refractivity contribution in [1.29, 1.82) is 0 Å². The fourth-order valence-electron chi connectivity index (χ4n) is 4.17. The van der Waals surface area contributed by atoms with E-state index < -0.39 is 0 Å². The average Bonchev–Trinajstić information content (AvgIpc) is 3.36. The Morgan fingerprint density at radius 3 is 2.77 bits per heavy atom. The predicted molar refractivity (Wildman–Crippen MR) is 135 cm³/mol. The molecule has 4 rings (SSSR count).